The summed E-state index contributed by atoms with van der Waals surface area (Å²) in [6.45, 7) is 4.65. The van der Waals surface area contributed by atoms with E-state index in [2.05, 4.69) is 44.2 Å². The molecule has 0 saturated heterocycles. The van der Waals surface area contributed by atoms with Crippen LogP contribution in [0.15, 0.2) is 35.9 Å². The lowest BCUT2D eigenvalue weighted by Gasteiger charge is -2.29. The number of benzene rings is 1. The summed E-state index contributed by atoms with van der Waals surface area (Å²) in [5, 5.41) is 0. The van der Waals surface area contributed by atoms with Gasteiger partial charge in [0.1, 0.15) is 5.75 Å². The molecule has 23 heavy (non-hydrogen) atoms. The summed E-state index contributed by atoms with van der Waals surface area (Å²) in [4.78, 5) is 0. The second-order valence-corrected chi connectivity index (χ2v) is 7.03. The zero-order valence-corrected chi connectivity index (χ0v) is 15.3. The van der Waals surface area contributed by atoms with Gasteiger partial charge in [0, 0.05) is 0 Å². The Kier molecular flexibility index (Phi) is 7.71. The van der Waals surface area contributed by atoms with Crippen molar-refractivity contribution in [2.75, 3.05) is 7.11 Å². The lowest BCUT2D eigenvalue weighted by atomic mass is 9.76. The van der Waals surface area contributed by atoms with Crippen molar-refractivity contribution in [3.05, 3.63) is 41.5 Å². The van der Waals surface area contributed by atoms with Crippen molar-refractivity contribution in [1.82, 2.24) is 0 Å². The molecule has 1 aliphatic rings. The SMILES string of the molecule is CCCC(CCC)C(CC1=CCCCC1)c1ccc(OC)cc1. The third-order valence-corrected chi connectivity index (χ3v) is 5.30. The van der Waals surface area contributed by atoms with Crippen molar-refractivity contribution in [1.29, 1.82) is 0 Å². The highest BCUT2D eigenvalue weighted by atomic mass is 16.5. The minimum Gasteiger partial charge on any atom is -0.497 e. The molecule has 0 fully saturated rings. The van der Waals surface area contributed by atoms with Crippen LogP contribution in [0.5, 0.6) is 5.75 Å². The van der Waals surface area contributed by atoms with E-state index in [9.17, 15) is 0 Å². The normalized spacial score (nSPS) is 16.3. The molecule has 1 aliphatic carbocycles. The van der Waals surface area contributed by atoms with E-state index in [-0.39, 0.29) is 0 Å². The van der Waals surface area contributed by atoms with Gasteiger partial charge in [-0.2, -0.15) is 0 Å². The van der Waals surface area contributed by atoms with Crippen LogP contribution in [0.1, 0.15) is 83.1 Å². The first-order valence-corrected chi connectivity index (χ1v) is 9.60. The van der Waals surface area contributed by atoms with Gasteiger partial charge in [0.15, 0.2) is 0 Å². The van der Waals surface area contributed by atoms with Crippen molar-refractivity contribution >= 4 is 0 Å². The minimum absolute atomic E-state index is 0.671. The van der Waals surface area contributed by atoms with Crippen LogP contribution < -0.4 is 4.74 Å². The van der Waals surface area contributed by atoms with Crippen LogP contribution in [-0.4, -0.2) is 7.11 Å². The summed E-state index contributed by atoms with van der Waals surface area (Å²) in [5.74, 6) is 2.44. The molecule has 2 rings (SSSR count). The molecule has 0 aromatic heterocycles. The fourth-order valence-electron chi connectivity index (χ4n) is 4.07. The molecule has 1 nitrogen and oxygen atoms in total. The van der Waals surface area contributed by atoms with Crippen molar-refractivity contribution < 1.29 is 4.74 Å². The van der Waals surface area contributed by atoms with Gasteiger partial charge in [-0.25, -0.2) is 0 Å². The molecule has 0 aliphatic heterocycles. The van der Waals surface area contributed by atoms with Crippen LogP contribution in [0.2, 0.25) is 0 Å². The summed E-state index contributed by atoms with van der Waals surface area (Å²) < 4.78 is 5.34. The van der Waals surface area contributed by atoms with E-state index in [0.717, 1.165) is 11.7 Å². The Morgan fingerprint density at radius 3 is 2.22 bits per heavy atom. The highest BCUT2D eigenvalue weighted by Gasteiger charge is 2.23. The van der Waals surface area contributed by atoms with Gasteiger partial charge in [0.25, 0.3) is 0 Å². The second kappa shape index (κ2) is 9.80. The van der Waals surface area contributed by atoms with Crippen LogP contribution in [-0.2, 0) is 0 Å². The van der Waals surface area contributed by atoms with Crippen molar-refractivity contribution in [2.45, 2.75) is 77.6 Å². The lowest BCUT2D eigenvalue weighted by molar-refractivity contribution is 0.355. The Balaban J connectivity index is 2.21. The number of hydrogen-bond donors (Lipinski definition) is 0. The molecule has 0 radical (unpaired) electrons. The van der Waals surface area contributed by atoms with E-state index < -0.39 is 0 Å². The Hall–Kier alpha value is -1.24. The van der Waals surface area contributed by atoms with Crippen LogP contribution in [0.3, 0.4) is 0 Å². The van der Waals surface area contributed by atoms with Gasteiger partial charge < -0.3 is 4.74 Å². The number of hydrogen-bond acceptors (Lipinski definition) is 1. The van der Waals surface area contributed by atoms with Crippen molar-refractivity contribution in [3.8, 4) is 5.75 Å². The van der Waals surface area contributed by atoms with E-state index in [1.165, 1.54) is 63.4 Å². The summed E-state index contributed by atoms with van der Waals surface area (Å²) in [7, 11) is 1.75. The summed E-state index contributed by atoms with van der Waals surface area (Å²) >= 11 is 0. The number of rotatable bonds is 9. The average molecular weight is 315 g/mol. The fraction of sp³-hybridized carbons (Fsp3) is 0.636. The molecular formula is C22H34O. The first-order valence-electron chi connectivity index (χ1n) is 9.60. The Morgan fingerprint density at radius 1 is 1.00 bits per heavy atom. The van der Waals surface area contributed by atoms with Crippen molar-refractivity contribution in [2.24, 2.45) is 5.92 Å². The molecule has 1 unspecified atom stereocenters. The van der Waals surface area contributed by atoms with E-state index in [1.807, 2.05) is 0 Å². The summed E-state index contributed by atoms with van der Waals surface area (Å²) in [5.41, 5.74) is 3.21. The summed E-state index contributed by atoms with van der Waals surface area (Å²) in [6, 6.07) is 8.86. The first kappa shape index (κ1) is 18.1. The monoisotopic (exact) mass is 314 g/mol. The predicted molar refractivity (Wildman–Crippen MR) is 100 cm³/mol. The van der Waals surface area contributed by atoms with Crippen LogP contribution in [0.4, 0.5) is 0 Å². The topological polar surface area (TPSA) is 9.23 Å². The van der Waals surface area contributed by atoms with E-state index in [4.69, 9.17) is 4.74 Å². The molecule has 1 heteroatoms. The molecule has 1 atom stereocenters. The fourth-order valence-corrected chi connectivity index (χ4v) is 4.07. The zero-order valence-electron chi connectivity index (χ0n) is 15.3. The Morgan fingerprint density at radius 2 is 1.70 bits per heavy atom. The number of allylic oxidation sites excluding steroid dienone is 2. The van der Waals surface area contributed by atoms with E-state index >= 15 is 0 Å². The molecule has 0 spiro atoms. The van der Waals surface area contributed by atoms with Crippen molar-refractivity contribution in [3.63, 3.8) is 0 Å². The second-order valence-electron chi connectivity index (χ2n) is 7.03. The third kappa shape index (κ3) is 5.41. The lowest BCUT2D eigenvalue weighted by Crippen LogP contribution is -2.15. The molecule has 0 N–H and O–H groups in total. The largest absolute Gasteiger partial charge is 0.497 e. The maximum atomic E-state index is 5.34. The van der Waals surface area contributed by atoms with Gasteiger partial charge in [-0.3, -0.25) is 0 Å². The minimum atomic E-state index is 0.671. The van der Waals surface area contributed by atoms with Gasteiger partial charge in [-0.15, -0.1) is 0 Å². The van der Waals surface area contributed by atoms with Crippen LogP contribution in [0, 0.1) is 5.92 Å². The maximum absolute atomic E-state index is 5.34. The molecule has 0 saturated carbocycles. The highest BCUT2D eigenvalue weighted by molar-refractivity contribution is 5.31. The molecule has 0 bridgehead atoms. The van der Waals surface area contributed by atoms with E-state index in [0.29, 0.717) is 5.92 Å². The average Bonchev–Trinajstić information content (AvgIpc) is 2.61. The molecule has 1 aromatic carbocycles. The van der Waals surface area contributed by atoms with Crippen LogP contribution >= 0.6 is 0 Å². The third-order valence-electron chi connectivity index (χ3n) is 5.30. The molecule has 1 aromatic rings. The maximum Gasteiger partial charge on any atom is 0.118 e. The van der Waals surface area contributed by atoms with Gasteiger partial charge >= 0.3 is 0 Å². The Bertz CT molecular complexity index is 465. The van der Waals surface area contributed by atoms with E-state index in [1.54, 1.807) is 12.7 Å². The van der Waals surface area contributed by atoms with Gasteiger partial charge in [-0.1, -0.05) is 63.3 Å². The molecule has 128 valence electrons. The molecular weight excluding hydrogens is 280 g/mol. The first-order chi connectivity index (χ1) is 11.3. The quantitative estimate of drug-likeness (QED) is 0.451. The molecule has 0 amide bonds. The molecule has 0 heterocycles. The van der Waals surface area contributed by atoms with Gasteiger partial charge in [0.2, 0.25) is 0 Å². The highest BCUT2D eigenvalue weighted by Crippen LogP contribution is 2.39. The van der Waals surface area contributed by atoms with Gasteiger partial charge in [0.05, 0.1) is 7.11 Å². The predicted octanol–water partition coefficient (Wildman–Crippen LogP) is 6.89. The Labute approximate surface area is 143 Å². The zero-order chi connectivity index (χ0) is 16.5. The van der Waals surface area contributed by atoms with Crippen LogP contribution in [0.25, 0.3) is 0 Å². The number of methoxy groups -OCH3 is 1. The smallest absolute Gasteiger partial charge is 0.118 e. The van der Waals surface area contributed by atoms with Gasteiger partial charge in [-0.05, 0) is 61.6 Å². The standard InChI is InChI=1S/C22H34O/c1-4-9-19(10-5-2)22(17-18-11-7-6-8-12-18)20-13-15-21(23-3)16-14-20/h11,13-16,19,22H,4-10,12,17H2,1-3H3. The summed E-state index contributed by atoms with van der Waals surface area (Å²) in [6.07, 6.45) is 14.4. The number of ether oxygens (including phenoxy) is 1.